The van der Waals surface area contributed by atoms with Gasteiger partial charge in [-0.1, -0.05) is 48.4 Å². The summed E-state index contributed by atoms with van der Waals surface area (Å²) in [5, 5.41) is 0.635. The molecule has 0 N–H and O–H groups in total. The van der Waals surface area contributed by atoms with Crippen molar-refractivity contribution in [2.45, 2.75) is 44.2 Å². The normalized spacial score (nSPS) is 27.8. The quantitative estimate of drug-likeness (QED) is 0.320. The summed E-state index contributed by atoms with van der Waals surface area (Å²) >= 11 is 6.00. The van der Waals surface area contributed by atoms with Crippen LogP contribution in [0.4, 0.5) is 0 Å². The van der Waals surface area contributed by atoms with E-state index >= 15 is 0 Å². The maximum Gasteiger partial charge on any atom is 0.328 e. The number of piperidine rings is 4. The largest absolute Gasteiger partial charge is 0.455 e. The van der Waals surface area contributed by atoms with Crippen LogP contribution in [0.1, 0.15) is 54.1 Å². The molecule has 0 unspecified atom stereocenters. The number of Topliss-reactive ketones (excluding diaryl/α,β-unsaturated/α-hetero) is 1. The molecule has 2 bridgehead atoms. The fraction of sp³-hybridized carbons (Fsp3) is 0.500. The number of rotatable bonds is 7. The molecule has 0 radical (unpaired) electrons. The Morgan fingerprint density at radius 2 is 1.65 bits per heavy atom. The van der Waals surface area contributed by atoms with Gasteiger partial charge in [0.25, 0.3) is 0 Å². The molecule has 5 nitrogen and oxygen atoms in total. The van der Waals surface area contributed by atoms with Crippen LogP contribution >= 0.6 is 11.6 Å². The third kappa shape index (κ3) is 5.07. The number of ketones is 1. The maximum absolute atomic E-state index is 13.6. The SMILES string of the molecule is O=C(C[N+]12CCC(CC1)[C@@H](OC(=O)[C@H](c1ccccc1)N1CCCCC1)C2)c1ccc(Cl)cc1. The van der Waals surface area contributed by atoms with Crippen LogP contribution < -0.4 is 0 Å². The van der Waals surface area contributed by atoms with Crippen LogP contribution in [0.25, 0.3) is 0 Å². The lowest BCUT2D eigenvalue weighted by atomic mass is 9.82. The van der Waals surface area contributed by atoms with Gasteiger partial charge in [0, 0.05) is 29.3 Å². The Labute approximate surface area is 207 Å². The minimum atomic E-state index is -0.346. The molecule has 0 aliphatic carbocycles. The van der Waals surface area contributed by atoms with Gasteiger partial charge in [-0.15, -0.1) is 0 Å². The van der Waals surface area contributed by atoms with Crippen molar-refractivity contribution in [2.24, 2.45) is 5.92 Å². The zero-order valence-corrected chi connectivity index (χ0v) is 20.5. The van der Waals surface area contributed by atoms with Crippen molar-refractivity contribution in [3.8, 4) is 0 Å². The van der Waals surface area contributed by atoms with Gasteiger partial charge in [-0.2, -0.15) is 0 Å². The number of carbonyl (C=O) groups is 2. The first-order chi connectivity index (χ1) is 16.5. The number of carbonyl (C=O) groups excluding carboxylic acids is 2. The van der Waals surface area contributed by atoms with Crippen LogP contribution in [0.15, 0.2) is 54.6 Å². The standard InChI is InChI=1S/C28H34ClN2O3/c29-24-11-9-21(10-12-24)25(32)19-31-17-13-22(14-18-31)26(20-31)34-28(33)27(23-7-3-1-4-8-23)30-15-5-2-6-16-30/h1,3-4,7-12,22,26-27H,2,5-6,13-20H2/q+1/t22?,26-,27-,31?/m0/s1. The van der Waals surface area contributed by atoms with E-state index in [1.807, 2.05) is 30.3 Å². The van der Waals surface area contributed by atoms with Gasteiger partial charge in [0.1, 0.15) is 19.1 Å². The average molecular weight is 482 g/mol. The Bertz CT molecular complexity index is 996. The van der Waals surface area contributed by atoms with Gasteiger partial charge in [0.15, 0.2) is 6.10 Å². The number of fused-ring (bicyclic) bond motifs is 3. The average Bonchev–Trinajstić information content (AvgIpc) is 2.86. The predicted octanol–water partition coefficient (Wildman–Crippen LogP) is 4.90. The second-order valence-corrected chi connectivity index (χ2v) is 10.7. The highest BCUT2D eigenvalue weighted by Crippen LogP contribution is 2.37. The molecule has 4 aliphatic heterocycles. The van der Waals surface area contributed by atoms with Crippen molar-refractivity contribution in [1.82, 2.24) is 4.90 Å². The third-order valence-electron chi connectivity index (χ3n) is 8.05. The van der Waals surface area contributed by atoms with Crippen molar-refractivity contribution >= 4 is 23.4 Å². The van der Waals surface area contributed by atoms with Crippen LogP contribution in [0.2, 0.25) is 5.02 Å². The zero-order chi connectivity index (χ0) is 23.5. The summed E-state index contributed by atoms with van der Waals surface area (Å²) in [6.45, 7) is 5.00. The molecule has 180 valence electrons. The van der Waals surface area contributed by atoms with Crippen molar-refractivity contribution in [1.29, 1.82) is 0 Å². The molecule has 0 saturated carbocycles. The molecule has 0 amide bonds. The molecule has 4 heterocycles. The molecule has 0 spiro atoms. The van der Waals surface area contributed by atoms with Gasteiger partial charge >= 0.3 is 5.97 Å². The Morgan fingerprint density at radius 3 is 2.32 bits per heavy atom. The highest BCUT2D eigenvalue weighted by atomic mass is 35.5. The van der Waals surface area contributed by atoms with Crippen LogP contribution in [0.5, 0.6) is 0 Å². The van der Waals surface area contributed by atoms with Gasteiger partial charge < -0.3 is 9.22 Å². The molecule has 0 aromatic heterocycles. The number of ether oxygens (including phenoxy) is 1. The lowest BCUT2D eigenvalue weighted by molar-refractivity contribution is -0.938. The molecule has 34 heavy (non-hydrogen) atoms. The number of halogens is 1. The first-order valence-electron chi connectivity index (χ1n) is 12.7. The zero-order valence-electron chi connectivity index (χ0n) is 19.7. The molecular weight excluding hydrogens is 448 g/mol. The van der Waals surface area contributed by atoms with E-state index in [0.29, 0.717) is 23.0 Å². The fourth-order valence-corrected chi connectivity index (χ4v) is 6.26. The second-order valence-electron chi connectivity index (χ2n) is 10.3. The Balaban J connectivity index is 1.30. The highest BCUT2D eigenvalue weighted by molar-refractivity contribution is 6.30. The van der Waals surface area contributed by atoms with E-state index in [9.17, 15) is 9.59 Å². The van der Waals surface area contributed by atoms with E-state index in [1.54, 1.807) is 24.3 Å². The van der Waals surface area contributed by atoms with E-state index in [-0.39, 0.29) is 23.9 Å². The summed E-state index contributed by atoms with van der Waals surface area (Å²) in [6, 6.07) is 16.9. The number of hydrogen-bond acceptors (Lipinski definition) is 4. The molecule has 6 heteroatoms. The molecule has 4 saturated heterocycles. The number of quaternary nitrogens is 1. The summed E-state index contributed by atoms with van der Waals surface area (Å²) < 4.78 is 7.02. The topological polar surface area (TPSA) is 46.6 Å². The molecular formula is C28H34ClN2O3+. The monoisotopic (exact) mass is 481 g/mol. The second kappa shape index (κ2) is 10.2. The lowest BCUT2D eigenvalue weighted by Crippen LogP contribution is -2.66. The summed E-state index contributed by atoms with van der Waals surface area (Å²) in [6.07, 6.45) is 5.35. The smallest absolute Gasteiger partial charge is 0.328 e. The summed E-state index contributed by atoms with van der Waals surface area (Å²) in [5.41, 5.74) is 1.71. The van der Waals surface area contributed by atoms with Crippen molar-refractivity contribution in [2.75, 3.05) is 39.3 Å². The fourth-order valence-electron chi connectivity index (χ4n) is 6.13. The first kappa shape index (κ1) is 23.5. The van der Waals surface area contributed by atoms with E-state index in [0.717, 1.165) is 68.5 Å². The van der Waals surface area contributed by atoms with E-state index in [4.69, 9.17) is 16.3 Å². The number of nitrogens with zero attached hydrogens (tertiary/aromatic N) is 2. The highest BCUT2D eigenvalue weighted by Gasteiger charge is 2.49. The Kier molecular flexibility index (Phi) is 7.05. The molecule has 2 aromatic carbocycles. The van der Waals surface area contributed by atoms with Crippen molar-refractivity contribution in [3.63, 3.8) is 0 Å². The Hall–Kier alpha value is -2.21. The number of esters is 1. The van der Waals surface area contributed by atoms with Gasteiger partial charge in [-0.25, -0.2) is 4.79 Å². The number of hydrogen-bond donors (Lipinski definition) is 0. The van der Waals surface area contributed by atoms with E-state index in [1.165, 1.54) is 6.42 Å². The number of likely N-dealkylation sites (tertiary alicyclic amines) is 1. The van der Waals surface area contributed by atoms with Gasteiger partial charge in [-0.05, 0) is 55.8 Å². The van der Waals surface area contributed by atoms with E-state index in [2.05, 4.69) is 4.90 Å². The first-order valence-corrected chi connectivity index (χ1v) is 13.0. The molecule has 4 aliphatic rings. The number of benzene rings is 2. The minimum absolute atomic E-state index is 0.121. The summed E-state index contributed by atoms with van der Waals surface area (Å²) in [5.74, 6) is 0.402. The molecule has 6 rings (SSSR count). The van der Waals surface area contributed by atoms with E-state index < -0.39 is 0 Å². The minimum Gasteiger partial charge on any atom is -0.455 e. The molecule has 4 fully saturated rings. The third-order valence-corrected chi connectivity index (χ3v) is 8.30. The van der Waals surface area contributed by atoms with Crippen LogP contribution in [0, 0.1) is 5.92 Å². The lowest BCUT2D eigenvalue weighted by Gasteiger charge is -2.51. The molecule has 2 aromatic rings. The van der Waals surface area contributed by atoms with Crippen LogP contribution in [-0.4, -0.2) is 66.5 Å². The summed E-state index contributed by atoms with van der Waals surface area (Å²) in [4.78, 5) is 29.0. The van der Waals surface area contributed by atoms with Gasteiger partial charge in [-0.3, -0.25) is 9.69 Å². The van der Waals surface area contributed by atoms with Crippen molar-refractivity contribution in [3.05, 3.63) is 70.7 Å². The summed E-state index contributed by atoms with van der Waals surface area (Å²) in [7, 11) is 0. The Morgan fingerprint density at radius 1 is 0.971 bits per heavy atom. The van der Waals surface area contributed by atoms with Crippen LogP contribution in [0.3, 0.4) is 0 Å². The molecule has 2 atom stereocenters. The van der Waals surface area contributed by atoms with Gasteiger partial charge in [0.2, 0.25) is 5.78 Å². The van der Waals surface area contributed by atoms with Crippen molar-refractivity contribution < 1.29 is 18.8 Å². The maximum atomic E-state index is 13.6. The van der Waals surface area contributed by atoms with Gasteiger partial charge in [0.05, 0.1) is 13.1 Å². The van der Waals surface area contributed by atoms with Crippen LogP contribution in [-0.2, 0) is 9.53 Å². The predicted molar refractivity (Wildman–Crippen MR) is 133 cm³/mol.